The van der Waals surface area contributed by atoms with E-state index >= 15 is 0 Å². The van der Waals surface area contributed by atoms with Gasteiger partial charge in [0.15, 0.2) is 0 Å². The lowest BCUT2D eigenvalue weighted by molar-refractivity contribution is -0.132. The van der Waals surface area contributed by atoms with Gasteiger partial charge in [-0.3, -0.25) is 14.5 Å². The average molecular weight is 500 g/mol. The van der Waals surface area contributed by atoms with Gasteiger partial charge in [-0.05, 0) is 78.9 Å². The van der Waals surface area contributed by atoms with Gasteiger partial charge in [-0.15, -0.1) is 0 Å². The van der Waals surface area contributed by atoms with Crippen LogP contribution in [-0.4, -0.2) is 30.0 Å². The number of Topliss-reactive ketones (excluding diaryl/α,β-unsaturated/α-hetero) is 1. The van der Waals surface area contributed by atoms with Crippen molar-refractivity contribution in [3.63, 3.8) is 0 Å². The van der Waals surface area contributed by atoms with Crippen molar-refractivity contribution in [1.82, 2.24) is 0 Å². The van der Waals surface area contributed by atoms with Gasteiger partial charge in [0.05, 0.1) is 24.8 Å². The van der Waals surface area contributed by atoms with Gasteiger partial charge >= 0.3 is 0 Å². The summed E-state index contributed by atoms with van der Waals surface area (Å²) in [4.78, 5) is 28.2. The highest BCUT2D eigenvalue weighted by molar-refractivity contribution is 6.51. The third-order valence-corrected chi connectivity index (χ3v) is 6.40. The first kappa shape index (κ1) is 26.0. The number of aliphatic hydroxyl groups excluding tert-OH is 1. The highest BCUT2D eigenvalue weighted by Gasteiger charge is 2.47. The molecular weight excluding hydrogens is 466 g/mol. The zero-order chi connectivity index (χ0) is 26.7. The normalized spacial score (nSPS) is 17.2. The van der Waals surface area contributed by atoms with Crippen LogP contribution in [0, 0.1) is 0 Å². The number of anilines is 1. The Morgan fingerprint density at radius 2 is 1.32 bits per heavy atom. The number of ketones is 1. The number of carbonyl (C=O) groups excluding carboxylic acids is 2. The molecule has 0 aliphatic carbocycles. The monoisotopic (exact) mass is 499 g/mol. The molecule has 0 aromatic heterocycles. The molecular formula is C31H33NO5. The molecule has 3 aromatic rings. The predicted octanol–water partition coefficient (Wildman–Crippen LogP) is 6.41. The summed E-state index contributed by atoms with van der Waals surface area (Å²) in [6.07, 6.45) is 0. The van der Waals surface area contributed by atoms with E-state index in [4.69, 9.17) is 9.47 Å². The van der Waals surface area contributed by atoms with Crippen LogP contribution in [-0.2, 0) is 15.0 Å². The minimum atomic E-state index is -0.793. The van der Waals surface area contributed by atoms with Gasteiger partial charge in [0, 0.05) is 11.3 Å². The number of aliphatic hydroxyl groups is 1. The van der Waals surface area contributed by atoms with E-state index < -0.39 is 17.7 Å². The Balaban J connectivity index is 1.85. The Labute approximate surface area is 218 Å². The fraction of sp³-hybridized carbons (Fsp3) is 0.290. The molecule has 192 valence electrons. The summed E-state index contributed by atoms with van der Waals surface area (Å²) in [7, 11) is 0. The summed E-state index contributed by atoms with van der Waals surface area (Å²) in [6.45, 7) is 11.2. The zero-order valence-electron chi connectivity index (χ0n) is 21.9. The molecule has 1 atom stereocenters. The second-order valence-corrected chi connectivity index (χ2v) is 9.93. The minimum Gasteiger partial charge on any atom is -0.507 e. The largest absolute Gasteiger partial charge is 0.507 e. The molecule has 0 radical (unpaired) electrons. The molecule has 6 heteroatoms. The van der Waals surface area contributed by atoms with E-state index in [-0.39, 0.29) is 16.7 Å². The molecule has 1 saturated heterocycles. The summed E-state index contributed by atoms with van der Waals surface area (Å²) in [5.74, 6) is -0.321. The van der Waals surface area contributed by atoms with Crippen molar-refractivity contribution in [1.29, 1.82) is 0 Å². The predicted molar refractivity (Wildman–Crippen MR) is 145 cm³/mol. The lowest BCUT2D eigenvalue weighted by Gasteiger charge is -2.26. The third-order valence-electron chi connectivity index (χ3n) is 6.40. The number of benzene rings is 3. The molecule has 37 heavy (non-hydrogen) atoms. The highest BCUT2D eigenvalue weighted by atomic mass is 16.5. The second kappa shape index (κ2) is 10.5. The molecule has 1 amide bonds. The number of hydrogen-bond acceptors (Lipinski definition) is 5. The quantitative estimate of drug-likeness (QED) is 0.231. The molecule has 0 bridgehead atoms. The minimum absolute atomic E-state index is 0.0477. The number of carbonyl (C=O) groups is 2. The molecule has 1 aliphatic rings. The lowest BCUT2D eigenvalue weighted by atomic mass is 9.85. The van der Waals surface area contributed by atoms with E-state index in [9.17, 15) is 14.7 Å². The summed E-state index contributed by atoms with van der Waals surface area (Å²) in [6, 6.07) is 20.9. The van der Waals surface area contributed by atoms with Crippen molar-refractivity contribution in [3.05, 3.63) is 95.1 Å². The maximum Gasteiger partial charge on any atom is 0.300 e. The lowest BCUT2D eigenvalue weighted by Crippen LogP contribution is -2.29. The maximum atomic E-state index is 13.4. The number of ether oxygens (including phenoxy) is 2. The molecule has 3 aromatic carbocycles. The van der Waals surface area contributed by atoms with Crippen molar-refractivity contribution >= 4 is 23.1 Å². The van der Waals surface area contributed by atoms with Gasteiger partial charge in [0.25, 0.3) is 11.7 Å². The van der Waals surface area contributed by atoms with E-state index in [1.165, 1.54) is 4.90 Å². The number of rotatable bonds is 7. The molecule has 1 N–H and O–H groups in total. The van der Waals surface area contributed by atoms with Crippen molar-refractivity contribution in [2.75, 3.05) is 18.1 Å². The van der Waals surface area contributed by atoms with Crippen LogP contribution in [0.15, 0.2) is 78.4 Å². The molecule has 1 fully saturated rings. The van der Waals surface area contributed by atoms with Crippen molar-refractivity contribution < 1.29 is 24.2 Å². The van der Waals surface area contributed by atoms with Crippen LogP contribution in [0.1, 0.15) is 57.4 Å². The molecule has 0 saturated carbocycles. The van der Waals surface area contributed by atoms with Crippen LogP contribution in [0.25, 0.3) is 5.76 Å². The van der Waals surface area contributed by atoms with Crippen LogP contribution in [0.3, 0.4) is 0 Å². The molecule has 1 heterocycles. The summed E-state index contributed by atoms with van der Waals surface area (Å²) < 4.78 is 11.0. The highest BCUT2D eigenvalue weighted by Crippen LogP contribution is 2.43. The fourth-order valence-electron chi connectivity index (χ4n) is 4.48. The second-order valence-electron chi connectivity index (χ2n) is 9.93. The first-order chi connectivity index (χ1) is 17.7. The Morgan fingerprint density at radius 3 is 1.81 bits per heavy atom. The summed E-state index contributed by atoms with van der Waals surface area (Å²) in [5, 5.41) is 11.3. The number of amides is 1. The van der Waals surface area contributed by atoms with Gasteiger partial charge in [0.1, 0.15) is 17.3 Å². The maximum absolute atomic E-state index is 13.4. The first-order valence-electron chi connectivity index (χ1n) is 12.5. The van der Waals surface area contributed by atoms with Gasteiger partial charge in [-0.1, -0.05) is 45.0 Å². The Kier molecular flexibility index (Phi) is 7.39. The van der Waals surface area contributed by atoms with Crippen LogP contribution in [0.2, 0.25) is 0 Å². The standard InChI is InChI=1S/C31H33NO5/c1-6-36-24-16-10-21(11-17-24)28(33)26-27(20-8-12-22(13-9-20)31(3,4)5)32(30(35)29(26)34)23-14-18-25(19-15-23)37-7-2/h8-19,27,33H,6-7H2,1-5H3/b28-26-. The van der Waals surface area contributed by atoms with Crippen LogP contribution < -0.4 is 14.4 Å². The zero-order valence-corrected chi connectivity index (χ0v) is 21.9. The Morgan fingerprint density at radius 1 is 0.811 bits per heavy atom. The number of nitrogens with zero attached hydrogens (tertiary/aromatic N) is 1. The van der Waals surface area contributed by atoms with Crippen molar-refractivity contribution in [3.8, 4) is 11.5 Å². The van der Waals surface area contributed by atoms with E-state index in [0.29, 0.717) is 36.0 Å². The first-order valence-corrected chi connectivity index (χ1v) is 12.5. The SMILES string of the molecule is CCOc1ccc(/C(O)=C2/C(=O)C(=O)N(c3ccc(OCC)cc3)C2c2ccc(C(C)(C)C)cc2)cc1. The smallest absolute Gasteiger partial charge is 0.300 e. The number of hydrogen-bond donors (Lipinski definition) is 1. The van der Waals surface area contributed by atoms with E-state index in [2.05, 4.69) is 20.8 Å². The Hall–Kier alpha value is -4.06. The van der Waals surface area contributed by atoms with E-state index in [0.717, 1.165) is 11.1 Å². The van der Waals surface area contributed by atoms with Gasteiger partial charge in [0.2, 0.25) is 0 Å². The van der Waals surface area contributed by atoms with Gasteiger partial charge in [-0.2, -0.15) is 0 Å². The summed E-state index contributed by atoms with van der Waals surface area (Å²) in [5.41, 5.74) is 2.82. The van der Waals surface area contributed by atoms with Gasteiger partial charge < -0.3 is 14.6 Å². The van der Waals surface area contributed by atoms with E-state index in [1.807, 2.05) is 38.1 Å². The van der Waals surface area contributed by atoms with Crippen LogP contribution >= 0.6 is 0 Å². The third kappa shape index (κ3) is 5.24. The van der Waals surface area contributed by atoms with Crippen LogP contribution in [0.4, 0.5) is 5.69 Å². The van der Waals surface area contributed by atoms with Crippen LogP contribution in [0.5, 0.6) is 11.5 Å². The average Bonchev–Trinajstić information content (AvgIpc) is 3.15. The van der Waals surface area contributed by atoms with Crippen molar-refractivity contribution in [2.24, 2.45) is 0 Å². The Bertz CT molecular complexity index is 1300. The fourth-order valence-corrected chi connectivity index (χ4v) is 4.48. The topological polar surface area (TPSA) is 76.1 Å². The van der Waals surface area contributed by atoms with E-state index in [1.54, 1.807) is 48.5 Å². The van der Waals surface area contributed by atoms with Crippen molar-refractivity contribution in [2.45, 2.75) is 46.1 Å². The molecule has 1 unspecified atom stereocenters. The summed E-state index contributed by atoms with van der Waals surface area (Å²) >= 11 is 0. The molecule has 4 rings (SSSR count). The van der Waals surface area contributed by atoms with Gasteiger partial charge in [-0.25, -0.2) is 0 Å². The molecule has 6 nitrogen and oxygen atoms in total. The molecule has 0 spiro atoms. The molecule has 1 aliphatic heterocycles.